The van der Waals surface area contributed by atoms with Gasteiger partial charge >= 0.3 is 0 Å². The van der Waals surface area contributed by atoms with Crippen LogP contribution in [0.2, 0.25) is 0 Å². The molecule has 13 rings (SSSR count). The van der Waals surface area contributed by atoms with Crippen LogP contribution in [0.4, 0.5) is 28.4 Å². The summed E-state index contributed by atoms with van der Waals surface area (Å²) in [5.41, 5.74) is 9.46. The number of carbonyl (C=O) groups excluding carboxylic acids is 3. The van der Waals surface area contributed by atoms with Gasteiger partial charge in [-0.05, 0) is 68.4 Å². The summed E-state index contributed by atoms with van der Waals surface area (Å²) in [5.74, 6) is -0.258. The van der Waals surface area contributed by atoms with E-state index in [4.69, 9.17) is 28.2 Å². The maximum atomic E-state index is 13.4. The first-order chi connectivity index (χ1) is 41.8. The van der Waals surface area contributed by atoms with Gasteiger partial charge in [-0.25, -0.2) is 15.0 Å². The van der Waals surface area contributed by atoms with Crippen LogP contribution >= 0.6 is 0 Å². The molecule has 0 radical (unpaired) electrons. The molecule has 0 saturated carbocycles. The van der Waals surface area contributed by atoms with E-state index in [0.29, 0.717) is 106 Å². The minimum absolute atomic E-state index is 0.00444. The summed E-state index contributed by atoms with van der Waals surface area (Å²) in [6.45, 7) is 7.81. The van der Waals surface area contributed by atoms with E-state index in [1.807, 2.05) is 169 Å². The quantitative estimate of drug-likeness (QED) is 0.0902. The summed E-state index contributed by atoms with van der Waals surface area (Å²) in [6.07, 6.45) is 0. The van der Waals surface area contributed by atoms with Gasteiger partial charge in [0.1, 0.15) is 44.9 Å². The van der Waals surface area contributed by atoms with Crippen LogP contribution < -0.4 is 46.9 Å². The number of rotatable bonds is 9. The monoisotopic (exact) mass is 1160 g/mol. The van der Waals surface area contributed by atoms with Gasteiger partial charge in [-0.1, -0.05) is 92.2 Å². The summed E-state index contributed by atoms with van der Waals surface area (Å²) in [4.78, 5) is 97.0. The Labute approximate surface area is 498 Å². The number of amides is 3. The molecule has 18 heteroatoms. The molecule has 0 unspecified atom stereocenters. The number of hydrogen-bond donors (Lipinski definition) is 3. The first-order valence-corrected chi connectivity index (χ1v) is 28.2. The van der Waals surface area contributed by atoms with Crippen LogP contribution in [0.15, 0.2) is 179 Å². The Morgan fingerprint density at radius 3 is 1.52 bits per heavy atom. The molecule has 7 aromatic carbocycles. The number of hydrogen-bond acceptors (Lipinski definition) is 15. The van der Waals surface area contributed by atoms with E-state index < -0.39 is 5.91 Å². The molecule has 18 nitrogen and oxygen atoms in total. The van der Waals surface area contributed by atoms with E-state index in [0.717, 1.165) is 22.6 Å². The van der Waals surface area contributed by atoms with Crippen molar-refractivity contribution in [3.05, 3.63) is 199 Å². The van der Waals surface area contributed by atoms with E-state index >= 15 is 0 Å². The second-order valence-corrected chi connectivity index (χ2v) is 21.9. The maximum Gasteiger partial charge on any atom is 0.259 e. The lowest BCUT2D eigenvalue weighted by atomic mass is 9.99. The highest BCUT2D eigenvalue weighted by Gasteiger charge is 2.28. The molecular weight excluding hydrogens is 1100 g/mol. The molecule has 0 aromatic heterocycles. The molecule has 0 saturated heterocycles. The number of aryl methyl sites for hydroxylation is 1. The second-order valence-electron chi connectivity index (χ2n) is 21.9. The van der Waals surface area contributed by atoms with Crippen molar-refractivity contribution in [2.24, 2.45) is 5.92 Å². The van der Waals surface area contributed by atoms with Crippen LogP contribution in [0.25, 0.3) is 100.0 Å². The van der Waals surface area contributed by atoms with Gasteiger partial charge in [0.05, 0.1) is 5.69 Å². The predicted molar refractivity (Wildman–Crippen MR) is 347 cm³/mol. The fourth-order valence-electron chi connectivity index (χ4n) is 10.1. The Morgan fingerprint density at radius 1 is 0.506 bits per heavy atom. The summed E-state index contributed by atoms with van der Waals surface area (Å²) in [5, 5.41) is 11.8. The topological polar surface area (TPSA) is 226 Å². The average molecular weight is 1160 g/mol. The number of aromatic nitrogens is 3. The Kier molecular flexibility index (Phi) is 15.7. The molecule has 3 heterocycles. The SMILES string of the molecule is CC(C)C(=O)Nc1cccc2c(=O)cc3oc4cc(N(C)C)ccc4nc-3c12.CCNC(=O)c1c2oc3cc(N(C)C)ccc3nc-2c2ccccc2c1=O.Cc1ccc(C(=O)Nc2c3oc4cc(N(C)C)ccc4nc-3c3ccccc3c2=O)cc1. The number of anilines is 5. The van der Waals surface area contributed by atoms with Gasteiger partial charge in [0.2, 0.25) is 16.8 Å². The number of nitrogens with zero attached hydrogens (tertiary/aromatic N) is 6. The van der Waals surface area contributed by atoms with Gasteiger partial charge in [-0.15, -0.1) is 0 Å². The normalized spacial score (nSPS) is 11.3. The van der Waals surface area contributed by atoms with Gasteiger partial charge in [-0.3, -0.25) is 28.8 Å². The van der Waals surface area contributed by atoms with Gasteiger partial charge in [0.25, 0.3) is 11.8 Å². The fourth-order valence-corrected chi connectivity index (χ4v) is 10.1. The van der Waals surface area contributed by atoms with Crippen LogP contribution in [-0.4, -0.2) is 81.5 Å². The van der Waals surface area contributed by atoms with Crippen molar-refractivity contribution in [3.8, 4) is 34.4 Å². The van der Waals surface area contributed by atoms with E-state index in [2.05, 4.69) is 16.0 Å². The van der Waals surface area contributed by atoms with Crippen molar-refractivity contribution in [3.63, 3.8) is 0 Å². The van der Waals surface area contributed by atoms with Crippen molar-refractivity contribution in [1.29, 1.82) is 0 Å². The van der Waals surface area contributed by atoms with Crippen molar-refractivity contribution >= 4 is 112 Å². The maximum absolute atomic E-state index is 13.4. The molecule has 3 N–H and O–H groups in total. The fraction of sp³-hybridized carbons (Fsp3) is 0.174. The molecule has 436 valence electrons. The molecule has 3 aliphatic carbocycles. The summed E-state index contributed by atoms with van der Waals surface area (Å²) >= 11 is 0. The van der Waals surface area contributed by atoms with Crippen molar-refractivity contribution < 1.29 is 27.6 Å². The molecule has 0 fully saturated rings. The lowest BCUT2D eigenvalue weighted by Crippen LogP contribution is -2.29. The lowest BCUT2D eigenvalue weighted by Gasteiger charge is -2.16. The van der Waals surface area contributed by atoms with Crippen LogP contribution in [0, 0.1) is 12.8 Å². The number of nitrogens with one attached hydrogen (secondary N) is 3. The second kappa shape index (κ2) is 23.6. The highest BCUT2D eigenvalue weighted by molar-refractivity contribution is 6.12. The van der Waals surface area contributed by atoms with Gasteiger partial charge in [0, 0.05) is 134 Å². The standard InChI is InChI=1S/C26H21N3O3.C22H21N3O3.C21H19N3O3/c1-15-8-10-16(11-9-15)26(31)28-23-24(30)19-7-5-4-6-18(19)22-25(23)32-21-14-17(29(2)3)12-13-20(21)27-22;1-12(2)22(27)24-16-7-5-6-14-17(26)11-19-21(20(14)16)23-15-9-8-13(25(3)4)10-18(15)28-19;1-4-22-21(26)17-19(25)14-8-6-5-7-13(14)18-20(17)27-16-11-12(24(2)3)9-10-15(16)23-18/h4-14H,1-3H3,(H,28,31);5-12H,1-4H3,(H,24,27);5-11H,4H2,1-3H3,(H,22,26). The predicted octanol–water partition coefficient (Wildman–Crippen LogP) is 12.4. The Morgan fingerprint density at radius 2 is 0.989 bits per heavy atom. The Hall–Kier alpha value is -11.0. The van der Waals surface area contributed by atoms with Crippen LogP contribution in [0.3, 0.4) is 0 Å². The third kappa shape index (κ3) is 11.2. The first-order valence-electron chi connectivity index (χ1n) is 28.2. The minimum atomic E-state index is -0.452. The number of benzene rings is 10. The Balaban J connectivity index is 0.000000136. The molecule has 3 aliphatic heterocycles. The third-order valence-electron chi connectivity index (χ3n) is 14.9. The van der Waals surface area contributed by atoms with Crippen molar-refractivity contribution in [1.82, 2.24) is 20.3 Å². The van der Waals surface area contributed by atoms with E-state index in [1.165, 1.54) is 6.07 Å². The molecule has 7 aromatic rings. The minimum Gasteiger partial charge on any atom is -0.453 e. The summed E-state index contributed by atoms with van der Waals surface area (Å²) < 4.78 is 18.3. The molecule has 0 atom stereocenters. The molecule has 3 amide bonds. The molecule has 0 bridgehead atoms. The molecule has 0 spiro atoms. The molecule has 87 heavy (non-hydrogen) atoms. The van der Waals surface area contributed by atoms with Crippen LogP contribution in [0.5, 0.6) is 0 Å². The van der Waals surface area contributed by atoms with Crippen LogP contribution in [-0.2, 0) is 4.79 Å². The van der Waals surface area contributed by atoms with Crippen LogP contribution in [0.1, 0.15) is 47.1 Å². The summed E-state index contributed by atoms with van der Waals surface area (Å²) in [6, 6.07) is 45.4. The Bertz CT molecular complexity index is 4950. The van der Waals surface area contributed by atoms with Gasteiger partial charge in [-0.2, -0.15) is 0 Å². The zero-order valence-corrected chi connectivity index (χ0v) is 49.6. The third-order valence-corrected chi connectivity index (χ3v) is 14.9. The average Bonchev–Trinajstić information content (AvgIpc) is 1.90. The van der Waals surface area contributed by atoms with Gasteiger partial charge in [0.15, 0.2) is 39.5 Å². The van der Waals surface area contributed by atoms with Crippen molar-refractivity contribution in [2.45, 2.75) is 27.7 Å². The molecular formula is C69H61N9O9. The zero-order chi connectivity index (χ0) is 61.5. The molecule has 6 aliphatic rings. The number of fused-ring (bicyclic) bond motifs is 12. The van der Waals surface area contributed by atoms with Crippen molar-refractivity contribution in [2.75, 3.05) is 74.2 Å². The highest BCUT2D eigenvalue weighted by Crippen LogP contribution is 2.39. The van der Waals surface area contributed by atoms with E-state index in [-0.39, 0.29) is 56.8 Å². The lowest BCUT2D eigenvalue weighted by molar-refractivity contribution is -0.118. The first kappa shape index (κ1) is 57.8. The number of carbonyl (C=O) groups is 3. The van der Waals surface area contributed by atoms with Gasteiger partial charge < -0.3 is 43.9 Å². The highest BCUT2D eigenvalue weighted by atomic mass is 16.3. The largest absolute Gasteiger partial charge is 0.453 e. The zero-order valence-electron chi connectivity index (χ0n) is 49.6. The van der Waals surface area contributed by atoms with E-state index in [9.17, 15) is 28.8 Å². The smallest absolute Gasteiger partial charge is 0.259 e. The van der Waals surface area contributed by atoms with E-state index in [1.54, 1.807) is 61.5 Å². The summed E-state index contributed by atoms with van der Waals surface area (Å²) in [7, 11) is 11.6.